The maximum Gasteiger partial charge on any atom is 0.210 e. The van der Waals surface area contributed by atoms with Gasteiger partial charge in [-0.2, -0.15) is 0 Å². The van der Waals surface area contributed by atoms with E-state index in [9.17, 15) is 0 Å². The van der Waals surface area contributed by atoms with Gasteiger partial charge in [0.05, 0.1) is 0 Å². The molecular weight excluding hydrogens is 615 g/mol. The van der Waals surface area contributed by atoms with E-state index in [1.807, 2.05) is 0 Å². The van der Waals surface area contributed by atoms with Gasteiger partial charge in [0.1, 0.15) is 27.2 Å². The number of aryl methyl sites for hydroxylation is 1. The summed E-state index contributed by atoms with van der Waals surface area (Å²) in [6, 6.07) is 30.2. The molecule has 2 nitrogen and oxygen atoms in total. The Bertz CT molecular complexity index is 1130. The molecule has 0 spiro atoms. The second kappa shape index (κ2) is 25.1. The lowest BCUT2D eigenvalue weighted by Gasteiger charge is -2.19. The first-order valence-electron chi connectivity index (χ1n) is 18.9. The molecule has 0 unspecified atom stereocenters. The number of hydrogen-bond acceptors (Lipinski definition) is 2. The van der Waals surface area contributed by atoms with Gasteiger partial charge in [-0.3, -0.25) is 0 Å². The smallest absolute Gasteiger partial charge is 0.210 e. The molecule has 47 heavy (non-hydrogen) atoms. The SMILES string of the molecule is CCCCCCCOC(CCCCC/C=C/CCCc1ccc([P+](Cl)(c2ccccc2)c2ccccc2)cc1)OCCCCCCC. The number of rotatable bonds is 27. The minimum absolute atomic E-state index is 0.0173. The topological polar surface area (TPSA) is 18.5 Å². The van der Waals surface area contributed by atoms with Gasteiger partial charge in [-0.15, -0.1) is 0 Å². The summed E-state index contributed by atoms with van der Waals surface area (Å²) in [6.07, 6.45) is 26.7. The standard InChI is InChI=1S/C43H63ClO2P/c1-3-5-7-15-25-37-45-43(46-38-26-16-8-6-4-2)32-24-14-12-10-9-11-13-19-27-39-33-35-42(36-34-39)47(44,40-28-20-17-21-29-40)41-30-22-18-23-31-41/h9,11,17-18,20-23,28-31,33-36,43H,3-8,10,12-16,19,24-27,32,37-38H2,1-2H3/q+1/b11-9+. The highest BCUT2D eigenvalue weighted by molar-refractivity contribution is 8.14. The molecule has 258 valence electrons. The van der Waals surface area contributed by atoms with Crippen molar-refractivity contribution in [2.75, 3.05) is 13.2 Å². The Morgan fingerprint density at radius 3 is 1.53 bits per heavy atom. The van der Waals surface area contributed by atoms with E-state index >= 15 is 0 Å². The second-order valence-electron chi connectivity index (χ2n) is 12.9. The average Bonchev–Trinajstić information content (AvgIpc) is 3.12. The molecule has 0 aliphatic rings. The molecular formula is C43H63ClO2P+. The van der Waals surface area contributed by atoms with Crippen molar-refractivity contribution < 1.29 is 9.47 Å². The maximum atomic E-state index is 7.56. The third kappa shape index (κ3) is 15.4. The van der Waals surface area contributed by atoms with Crippen LogP contribution in [0.2, 0.25) is 0 Å². The Balaban J connectivity index is 1.33. The number of hydrogen-bond donors (Lipinski definition) is 0. The lowest BCUT2D eigenvalue weighted by atomic mass is 10.1. The Hall–Kier alpha value is -1.96. The van der Waals surface area contributed by atoms with Crippen LogP contribution in [0.5, 0.6) is 0 Å². The van der Waals surface area contributed by atoms with Gasteiger partial charge in [-0.05, 0) is 99.7 Å². The zero-order valence-corrected chi connectivity index (χ0v) is 31.2. The van der Waals surface area contributed by atoms with Crippen molar-refractivity contribution in [3.8, 4) is 0 Å². The van der Waals surface area contributed by atoms with Crippen LogP contribution in [0.4, 0.5) is 0 Å². The second-order valence-corrected chi connectivity index (χ2v) is 17.2. The monoisotopic (exact) mass is 677 g/mol. The van der Waals surface area contributed by atoms with E-state index < -0.39 is 6.62 Å². The van der Waals surface area contributed by atoms with Crippen LogP contribution in [0, 0.1) is 0 Å². The molecule has 0 fully saturated rings. The van der Waals surface area contributed by atoms with Crippen molar-refractivity contribution in [3.63, 3.8) is 0 Å². The van der Waals surface area contributed by atoms with Gasteiger partial charge in [-0.25, -0.2) is 0 Å². The number of unbranched alkanes of at least 4 members (excludes halogenated alkanes) is 12. The van der Waals surface area contributed by atoms with Crippen LogP contribution in [0.3, 0.4) is 0 Å². The molecule has 0 radical (unpaired) electrons. The average molecular weight is 678 g/mol. The van der Waals surface area contributed by atoms with Gasteiger partial charge in [-0.1, -0.05) is 132 Å². The van der Waals surface area contributed by atoms with E-state index in [2.05, 4.69) is 111 Å². The fraction of sp³-hybridized carbons (Fsp3) is 0.535. The van der Waals surface area contributed by atoms with E-state index in [1.54, 1.807) is 0 Å². The summed E-state index contributed by atoms with van der Waals surface area (Å²) in [4.78, 5) is 0. The Morgan fingerprint density at radius 2 is 1.00 bits per heavy atom. The Labute approximate surface area is 293 Å². The fourth-order valence-corrected chi connectivity index (χ4v) is 9.68. The van der Waals surface area contributed by atoms with E-state index in [1.165, 1.54) is 98.5 Å². The predicted molar refractivity (Wildman–Crippen MR) is 209 cm³/mol. The van der Waals surface area contributed by atoms with Gasteiger partial charge < -0.3 is 9.47 Å². The molecule has 3 aromatic carbocycles. The molecule has 0 atom stereocenters. The van der Waals surface area contributed by atoms with Crippen LogP contribution in [-0.2, 0) is 15.9 Å². The lowest BCUT2D eigenvalue weighted by Crippen LogP contribution is -2.27. The molecule has 3 aromatic rings. The van der Waals surface area contributed by atoms with Gasteiger partial charge in [0.25, 0.3) is 0 Å². The van der Waals surface area contributed by atoms with Crippen LogP contribution in [0.15, 0.2) is 97.1 Å². The first-order valence-corrected chi connectivity index (χ1v) is 21.6. The first kappa shape index (κ1) is 39.5. The van der Waals surface area contributed by atoms with Crippen molar-refractivity contribution in [1.82, 2.24) is 0 Å². The van der Waals surface area contributed by atoms with Crippen LogP contribution >= 0.6 is 17.9 Å². The molecule has 0 aliphatic heterocycles. The molecule has 0 saturated heterocycles. The number of benzene rings is 3. The summed E-state index contributed by atoms with van der Waals surface area (Å²) in [6.45, 7) is 4.04. The fourth-order valence-electron chi connectivity index (χ4n) is 6.05. The van der Waals surface area contributed by atoms with Gasteiger partial charge in [0.2, 0.25) is 6.62 Å². The lowest BCUT2D eigenvalue weighted by molar-refractivity contribution is -0.148. The van der Waals surface area contributed by atoms with Gasteiger partial charge in [0, 0.05) is 13.2 Å². The third-order valence-corrected chi connectivity index (χ3v) is 13.7. The number of ether oxygens (including phenoxy) is 2. The van der Waals surface area contributed by atoms with Crippen molar-refractivity contribution in [2.45, 2.75) is 136 Å². The van der Waals surface area contributed by atoms with Crippen molar-refractivity contribution in [1.29, 1.82) is 0 Å². The van der Waals surface area contributed by atoms with E-state index in [0.717, 1.165) is 51.7 Å². The highest BCUT2D eigenvalue weighted by Gasteiger charge is 2.44. The number of halogens is 1. The van der Waals surface area contributed by atoms with Gasteiger partial charge in [0.15, 0.2) is 6.29 Å². The summed E-state index contributed by atoms with van der Waals surface area (Å²) in [7, 11) is 0. The van der Waals surface area contributed by atoms with Crippen LogP contribution < -0.4 is 15.9 Å². The van der Waals surface area contributed by atoms with E-state index in [0.29, 0.717) is 0 Å². The normalized spacial score (nSPS) is 12.0. The molecule has 0 aliphatic carbocycles. The highest BCUT2D eigenvalue weighted by Crippen LogP contribution is 2.60. The predicted octanol–water partition coefficient (Wildman–Crippen LogP) is 12.3. The largest absolute Gasteiger partial charge is 0.353 e. The van der Waals surface area contributed by atoms with Crippen molar-refractivity contribution in [3.05, 3.63) is 103 Å². The zero-order chi connectivity index (χ0) is 33.3. The molecule has 3 rings (SSSR count). The minimum atomic E-state index is -2.18. The quantitative estimate of drug-likeness (QED) is 0.0346. The van der Waals surface area contributed by atoms with Crippen molar-refractivity contribution in [2.24, 2.45) is 0 Å². The Morgan fingerprint density at radius 1 is 0.532 bits per heavy atom. The highest BCUT2D eigenvalue weighted by atomic mass is 35.7. The molecule has 0 aromatic heterocycles. The number of allylic oxidation sites excluding steroid dienone is 2. The molecule has 0 saturated carbocycles. The Kier molecular flexibility index (Phi) is 21.1. The van der Waals surface area contributed by atoms with Crippen LogP contribution in [0.25, 0.3) is 0 Å². The van der Waals surface area contributed by atoms with Crippen molar-refractivity contribution >= 4 is 33.8 Å². The summed E-state index contributed by atoms with van der Waals surface area (Å²) in [5, 5.41) is 3.62. The molecule has 0 N–H and O–H groups in total. The van der Waals surface area contributed by atoms with E-state index in [4.69, 9.17) is 20.7 Å². The molecule has 0 heterocycles. The summed E-state index contributed by atoms with van der Waals surface area (Å²) >= 11 is 7.56. The van der Waals surface area contributed by atoms with Gasteiger partial charge >= 0.3 is 0 Å². The minimum Gasteiger partial charge on any atom is -0.353 e. The molecule has 4 heteroatoms. The third-order valence-electron chi connectivity index (χ3n) is 8.93. The summed E-state index contributed by atoms with van der Waals surface area (Å²) < 4.78 is 12.4. The summed E-state index contributed by atoms with van der Waals surface area (Å²) in [5.74, 6) is 0. The molecule has 0 amide bonds. The molecule has 0 bridgehead atoms. The summed E-state index contributed by atoms with van der Waals surface area (Å²) in [5.41, 5.74) is 1.38. The zero-order valence-electron chi connectivity index (χ0n) is 29.6. The van der Waals surface area contributed by atoms with Crippen LogP contribution in [-0.4, -0.2) is 19.5 Å². The first-order chi connectivity index (χ1) is 23.2. The van der Waals surface area contributed by atoms with Crippen LogP contribution in [0.1, 0.15) is 129 Å². The van der Waals surface area contributed by atoms with E-state index in [-0.39, 0.29) is 6.29 Å². The maximum absolute atomic E-state index is 7.56.